The molecule has 0 radical (unpaired) electrons. The summed E-state index contributed by atoms with van der Waals surface area (Å²) >= 11 is 0. The maximum atomic E-state index is 12.7. The molecule has 1 unspecified atom stereocenters. The molecule has 0 saturated carbocycles. The second-order valence-electron chi connectivity index (χ2n) is 4.53. The van der Waals surface area contributed by atoms with E-state index in [9.17, 15) is 18.0 Å². The summed E-state index contributed by atoms with van der Waals surface area (Å²) in [4.78, 5) is 15.1. The Bertz CT molecular complexity index is 719. The van der Waals surface area contributed by atoms with Gasteiger partial charge in [0.15, 0.2) is 5.23 Å². The summed E-state index contributed by atoms with van der Waals surface area (Å²) in [5.41, 5.74) is -0.400. The summed E-state index contributed by atoms with van der Waals surface area (Å²) in [6.07, 6.45) is -4.41. The molecule has 0 bridgehead atoms. The van der Waals surface area contributed by atoms with Crippen LogP contribution in [0.4, 0.5) is 13.2 Å². The third-order valence-electron chi connectivity index (χ3n) is 2.90. The molecule has 0 aromatic heterocycles. The van der Waals surface area contributed by atoms with Gasteiger partial charge < -0.3 is 9.47 Å². The van der Waals surface area contributed by atoms with Crippen molar-refractivity contribution in [2.45, 2.75) is 26.6 Å². The number of halogens is 3. The van der Waals surface area contributed by atoms with Crippen molar-refractivity contribution < 1.29 is 27.4 Å². The minimum atomic E-state index is -4.41. The van der Waals surface area contributed by atoms with Crippen LogP contribution in [0.15, 0.2) is 40.2 Å². The van der Waals surface area contributed by atoms with Crippen molar-refractivity contribution in [1.82, 2.24) is 0 Å². The van der Waals surface area contributed by atoms with Crippen LogP contribution in [-0.2, 0) is 27.1 Å². The molecule has 0 fully saturated rings. The van der Waals surface area contributed by atoms with Gasteiger partial charge >= 0.3 is 6.18 Å². The molecule has 0 N–H and O–H groups in total. The minimum Gasteiger partial charge on any atom is -0.483 e. The Morgan fingerprint density at radius 1 is 1.30 bits per heavy atom. The van der Waals surface area contributed by atoms with Crippen molar-refractivity contribution in [3.63, 3.8) is 0 Å². The van der Waals surface area contributed by atoms with E-state index < -0.39 is 22.2 Å². The van der Waals surface area contributed by atoms with E-state index in [-0.39, 0.29) is 17.6 Å². The summed E-state index contributed by atoms with van der Waals surface area (Å²) in [5.74, 6) is 0.119. The monoisotopic (exact) mass is 345 g/mol. The highest BCUT2D eigenvalue weighted by atomic mass is 32.2. The second kappa shape index (κ2) is 7.02. The van der Waals surface area contributed by atoms with Gasteiger partial charge in [-0.1, -0.05) is 12.1 Å². The van der Waals surface area contributed by atoms with E-state index in [0.717, 1.165) is 12.1 Å². The highest BCUT2D eigenvalue weighted by Crippen LogP contribution is 2.37. The Labute approximate surface area is 133 Å². The molecule has 1 aliphatic rings. The first-order valence-corrected chi connectivity index (χ1v) is 7.92. The molecule has 1 aromatic rings. The fraction of sp³-hybridized carbons (Fsp3) is 0.333. The van der Waals surface area contributed by atoms with E-state index in [1.807, 2.05) is 5.23 Å². The van der Waals surface area contributed by atoms with Crippen LogP contribution in [-0.4, -0.2) is 16.9 Å². The fourth-order valence-electron chi connectivity index (χ4n) is 1.89. The van der Waals surface area contributed by atoms with Crippen molar-refractivity contribution >= 4 is 20.8 Å². The summed E-state index contributed by atoms with van der Waals surface area (Å²) in [6, 6.07) is 4.84. The molecular formula is C15H14F3NO3S. The first kappa shape index (κ1) is 17.3. The Balaban J connectivity index is 2.20. The quantitative estimate of drug-likeness (QED) is 0.753. The number of ether oxygens (including phenoxy) is 2. The lowest BCUT2D eigenvalue weighted by Gasteiger charge is -2.10. The molecule has 0 amide bonds. The number of alkyl halides is 3. The molecule has 0 saturated heterocycles. The largest absolute Gasteiger partial charge is 0.483 e. The average Bonchev–Trinajstić information content (AvgIpc) is 2.80. The summed E-state index contributed by atoms with van der Waals surface area (Å²) < 4.78 is 48.9. The maximum Gasteiger partial charge on any atom is 0.416 e. The first-order valence-electron chi connectivity index (χ1n) is 6.70. The van der Waals surface area contributed by atoms with Crippen molar-refractivity contribution in [3.05, 3.63) is 46.4 Å². The Morgan fingerprint density at radius 2 is 2.04 bits per heavy atom. The average molecular weight is 345 g/mol. The van der Waals surface area contributed by atoms with Gasteiger partial charge in [0.25, 0.3) is 5.88 Å². The number of carbonyl (C=O) groups excluding carboxylic acids is 1. The zero-order chi connectivity index (χ0) is 17.0. The van der Waals surface area contributed by atoms with E-state index in [4.69, 9.17) is 9.47 Å². The summed E-state index contributed by atoms with van der Waals surface area (Å²) in [7, 11) is -1.03. The van der Waals surface area contributed by atoms with Crippen LogP contribution in [0.2, 0.25) is 0 Å². The zero-order valence-corrected chi connectivity index (χ0v) is 13.3. The SMILES string of the molecule is CCOC1=C(OCc2cccc(C(F)(F)F)c2)N=C(C)S1=C=O. The molecule has 0 spiro atoms. The molecule has 2 rings (SSSR count). The third kappa shape index (κ3) is 4.03. The number of nitrogens with zero attached hydrogens (tertiary/aromatic N) is 1. The van der Waals surface area contributed by atoms with Crippen molar-refractivity contribution in [3.8, 4) is 0 Å². The lowest BCUT2D eigenvalue weighted by molar-refractivity contribution is -0.137. The Kier molecular flexibility index (Phi) is 5.28. The zero-order valence-electron chi connectivity index (χ0n) is 12.4. The van der Waals surface area contributed by atoms with Crippen molar-refractivity contribution in [2.75, 3.05) is 6.61 Å². The number of benzene rings is 1. The lowest BCUT2D eigenvalue weighted by atomic mass is 10.1. The lowest BCUT2D eigenvalue weighted by Crippen LogP contribution is -2.05. The fourth-order valence-corrected chi connectivity index (χ4v) is 3.04. The Morgan fingerprint density at radius 3 is 2.65 bits per heavy atom. The van der Waals surface area contributed by atoms with Gasteiger partial charge in [-0.25, -0.2) is 9.79 Å². The predicted molar refractivity (Wildman–Crippen MR) is 81.3 cm³/mol. The standard InChI is InChI=1S/C15H14F3NO3S/c1-3-21-14-13(19-10(2)23(14)9-20)22-8-11-5-4-6-12(7-11)15(16,17)18/h4-7H,3,8H2,1-2H3. The summed E-state index contributed by atoms with van der Waals surface area (Å²) in [5, 5.41) is 2.61. The second-order valence-corrected chi connectivity index (χ2v) is 6.27. The molecular weight excluding hydrogens is 331 g/mol. The van der Waals surface area contributed by atoms with E-state index in [1.165, 1.54) is 12.1 Å². The van der Waals surface area contributed by atoms with Crippen LogP contribution >= 0.6 is 10.5 Å². The van der Waals surface area contributed by atoms with Crippen molar-refractivity contribution in [1.29, 1.82) is 0 Å². The smallest absolute Gasteiger partial charge is 0.416 e. The van der Waals surface area contributed by atoms with Gasteiger partial charge in [-0.05, 0) is 31.5 Å². The minimum absolute atomic E-state index is 0.108. The molecule has 1 atom stereocenters. The number of aliphatic imine (C=N–C) groups is 1. The summed E-state index contributed by atoms with van der Waals surface area (Å²) in [6.45, 7) is 3.60. The van der Waals surface area contributed by atoms with E-state index >= 15 is 0 Å². The normalized spacial score (nSPS) is 17.8. The number of hydrogen-bond donors (Lipinski definition) is 0. The van der Waals surface area contributed by atoms with Gasteiger partial charge in [0.2, 0.25) is 5.09 Å². The van der Waals surface area contributed by atoms with Crippen molar-refractivity contribution in [2.24, 2.45) is 4.99 Å². The predicted octanol–water partition coefficient (Wildman–Crippen LogP) is 4.15. The van der Waals surface area contributed by atoms with Crippen LogP contribution in [0.3, 0.4) is 0 Å². The van der Waals surface area contributed by atoms with Gasteiger partial charge in [-0.2, -0.15) is 13.2 Å². The van der Waals surface area contributed by atoms with E-state index in [1.54, 1.807) is 13.8 Å². The van der Waals surface area contributed by atoms with Crippen LogP contribution in [0, 0.1) is 0 Å². The van der Waals surface area contributed by atoms with Gasteiger partial charge in [-0.3, -0.25) is 0 Å². The molecule has 1 aliphatic heterocycles. The number of rotatable bonds is 5. The maximum absolute atomic E-state index is 12.7. The number of hydrogen-bond acceptors (Lipinski definition) is 4. The third-order valence-corrected chi connectivity index (χ3v) is 4.42. The molecule has 8 heteroatoms. The van der Waals surface area contributed by atoms with E-state index in [0.29, 0.717) is 17.2 Å². The van der Waals surface area contributed by atoms with Crippen LogP contribution < -0.4 is 0 Å². The van der Waals surface area contributed by atoms with Crippen LogP contribution in [0.1, 0.15) is 25.0 Å². The molecule has 23 heavy (non-hydrogen) atoms. The van der Waals surface area contributed by atoms with Crippen LogP contribution in [0.25, 0.3) is 0 Å². The van der Waals surface area contributed by atoms with Crippen LogP contribution in [0.5, 0.6) is 0 Å². The van der Waals surface area contributed by atoms with Gasteiger partial charge in [0.1, 0.15) is 6.61 Å². The topological polar surface area (TPSA) is 47.9 Å². The Hall–Kier alpha value is -2.05. The molecule has 0 aliphatic carbocycles. The molecule has 1 heterocycles. The van der Waals surface area contributed by atoms with Gasteiger partial charge in [0, 0.05) is 10.5 Å². The van der Waals surface area contributed by atoms with Gasteiger partial charge in [0.05, 0.1) is 17.2 Å². The van der Waals surface area contributed by atoms with E-state index in [2.05, 4.69) is 4.99 Å². The molecule has 1 aromatic carbocycles. The highest BCUT2D eigenvalue weighted by molar-refractivity contribution is 8.30. The van der Waals surface area contributed by atoms with Gasteiger partial charge in [-0.15, -0.1) is 0 Å². The highest BCUT2D eigenvalue weighted by Gasteiger charge is 2.30. The molecule has 124 valence electrons. The molecule has 4 nitrogen and oxygen atoms in total. The first-order chi connectivity index (χ1) is 10.9.